The highest BCUT2D eigenvalue weighted by Crippen LogP contribution is 2.51. The SMILES string of the molecule is Cc1ccc(S(=O)(=O)N2C(I)C2c2ccc(F)cc2)cc1. The number of alkyl halides is 1. The van der Waals surface area contributed by atoms with Crippen LogP contribution in [-0.4, -0.2) is 16.8 Å². The number of sulfonamides is 1. The lowest BCUT2D eigenvalue weighted by atomic mass is 10.2. The summed E-state index contributed by atoms with van der Waals surface area (Å²) in [7, 11) is -3.51. The Hall–Kier alpha value is -0.990. The van der Waals surface area contributed by atoms with Gasteiger partial charge in [0.1, 0.15) is 5.82 Å². The van der Waals surface area contributed by atoms with Crippen molar-refractivity contribution in [2.45, 2.75) is 21.9 Å². The van der Waals surface area contributed by atoms with Gasteiger partial charge in [0.05, 0.1) is 15.0 Å². The zero-order valence-electron chi connectivity index (χ0n) is 11.2. The highest BCUT2D eigenvalue weighted by molar-refractivity contribution is 14.1. The van der Waals surface area contributed by atoms with Crippen LogP contribution < -0.4 is 0 Å². The Bertz CT molecular complexity index is 759. The van der Waals surface area contributed by atoms with Crippen LogP contribution >= 0.6 is 22.6 Å². The molecule has 0 bridgehead atoms. The topological polar surface area (TPSA) is 37.1 Å². The molecule has 0 amide bonds. The molecular formula is C15H13FINO2S. The second-order valence-electron chi connectivity index (χ2n) is 5.02. The molecule has 0 radical (unpaired) electrons. The highest BCUT2D eigenvalue weighted by Gasteiger charge is 2.54. The fourth-order valence-electron chi connectivity index (χ4n) is 2.26. The Kier molecular flexibility index (Phi) is 3.79. The molecule has 2 aromatic rings. The van der Waals surface area contributed by atoms with Crippen molar-refractivity contribution in [2.24, 2.45) is 0 Å². The number of aryl methyl sites for hydroxylation is 1. The second kappa shape index (κ2) is 5.33. The largest absolute Gasteiger partial charge is 0.244 e. The van der Waals surface area contributed by atoms with Gasteiger partial charge in [-0.3, -0.25) is 0 Å². The lowest BCUT2D eigenvalue weighted by molar-refractivity contribution is 0.553. The fraction of sp³-hybridized carbons (Fsp3) is 0.200. The van der Waals surface area contributed by atoms with E-state index in [1.165, 1.54) is 16.4 Å². The summed E-state index contributed by atoms with van der Waals surface area (Å²) in [5, 5.41) is 0. The van der Waals surface area contributed by atoms with Crippen molar-refractivity contribution in [3.63, 3.8) is 0 Å². The van der Waals surface area contributed by atoms with Crippen LogP contribution in [0.5, 0.6) is 0 Å². The third-order valence-electron chi connectivity index (χ3n) is 3.50. The van der Waals surface area contributed by atoms with Gasteiger partial charge in [-0.15, -0.1) is 0 Å². The van der Waals surface area contributed by atoms with Gasteiger partial charge < -0.3 is 0 Å². The van der Waals surface area contributed by atoms with E-state index in [2.05, 4.69) is 22.6 Å². The molecule has 0 aromatic heterocycles. The smallest absolute Gasteiger partial charge is 0.207 e. The van der Waals surface area contributed by atoms with Gasteiger partial charge in [-0.25, -0.2) is 12.8 Å². The monoisotopic (exact) mass is 417 g/mol. The first-order chi connectivity index (χ1) is 9.91. The first kappa shape index (κ1) is 14.9. The van der Waals surface area contributed by atoms with Crippen molar-refractivity contribution in [3.8, 4) is 0 Å². The molecule has 0 spiro atoms. The average Bonchev–Trinajstić information content (AvgIpc) is 3.12. The predicted molar refractivity (Wildman–Crippen MR) is 87.2 cm³/mol. The van der Waals surface area contributed by atoms with Crippen molar-refractivity contribution in [1.29, 1.82) is 0 Å². The van der Waals surface area contributed by atoms with Gasteiger partial charge in [0.25, 0.3) is 0 Å². The lowest BCUT2D eigenvalue weighted by Crippen LogP contribution is -2.13. The van der Waals surface area contributed by atoms with Crippen molar-refractivity contribution in [3.05, 3.63) is 65.5 Å². The van der Waals surface area contributed by atoms with Gasteiger partial charge in [0.15, 0.2) is 0 Å². The summed E-state index contributed by atoms with van der Waals surface area (Å²) in [6, 6.07) is 12.6. The van der Waals surface area contributed by atoms with Gasteiger partial charge in [-0.05, 0) is 36.8 Å². The molecule has 0 saturated carbocycles. The zero-order valence-corrected chi connectivity index (χ0v) is 14.2. The first-order valence-electron chi connectivity index (χ1n) is 6.41. The standard InChI is InChI=1S/C15H13FINO2S/c1-10-2-8-13(9-3-10)21(19,20)18-14(15(18)17)11-4-6-12(16)7-5-11/h2-9,14-15H,1H3. The predicted octanol–water partition coefficient (Wildman–Crippen LogP) is 3.64. The minimum Gasteiger partial charge on any atom is -0.207 e. The van der Waals surface area contributed by atoms with Gasteiger partial charge in [0, 0.05) is 0 Å². The molecule has 2 aromatic carbocycles. The normalized spacial score (nSPS) is 24.8. The van der Waals surface area contributed by atoms with E-state index < -0.39 is 10.0 Å². The number of hydrogen-bond acceptors (Lipinski definition) is 2. The molecule has 1 saturated heterocycles. The van der Waals surface area contributed by atoms with Crippen LogP contribution in [-0.2, 0) is 10.0 Å². The molecule has 1 heterocycles. The van der Waals surface area contributed by atoms with Gasteiger partial charge in [0.2, 0.25) is 10.0 Å². The van der Waals surface area contributed by atoms with Gasteiger partial charge >= 0.3 is 0 Å². The van der Waals surface area contributed by atoms with Crippen LogP contribution in [0.2, 0.25) is 0 Å². The molecule has 1 fully saturated rings. The summed E-state index contributed by atoms with van der Waals surface area (Å²) in [6.45, 7) is 1.91. The molecule has 3 atom stereocenters. The van der Waals surface area contributed by atoms with Crippen LogP contribution in [0.4, 0.5) is 4.39 Å². The Labute approximate surface area is 137 Å². The van der Waals surface area contributed by atoms with Crippen LogP contribution in [0.15, 0.2) is 53.4 Å². The van der Waals surface area contributed by atoms with E-state index in [1.54, 1.807) is 36.4 Å². The van der Waals surface area contributed by atoms with Gasteiger partial charge in [-0.1, -0.05) is 52.4 Å². The molecule has 0 aliphatic carbocycles. The van der Waals surface area contributed by atoms with Crippen LogP contribution in [0.3, 0.4) is 0 Å². The van der Waals surface area contributed by atoms with Crippen LogP contribution in [0.1, 0.15) is 17.2 Å². The highest BCUT2D eigenvalue weighted by atomic mass is 127. The molecule has 3 rings (SSSR count). The Balaban J connectivity index is 1.91. The number of benzene rings is 2. The van der Waals surface area contributed by atoms with E-state index >= 15 is 0 Å². The minimum atomic E-state index is -3.51. The van der Waals surface area contributed by atoms with Crippen LogP contribution in [0.25, 0.3) is 0 Å². The summed E-state index contributed by atoms with van der Waals surface area (Å²) < 4.78 is 39.5. The fourth-order valence-corrected chi connectivity index (χ4v) is 5.89. The maximum absolute atomic E-state index is 13.0. The third-order valence-corrected chi connectivity index (χ3v) is 7.03. The van der Waals surface area contributed by atoms with Crippen molar-refractivity contribution in [1.82, 2.24) is 4.31 Å². The second-order valence-corrected chi connectivity index (χ2v) is 8.14. The number of halogens is 2. The molecule has 110 valence electrons. The molecule has 3 unspecified atom stereocenters. The maximum atomic E-state index is 13.0. The summed E-state index contributed by atoms with van der Waals surface area (Å²) in [6.07, 6.45) is 0. The van der Waals surface area contributed by atoms with E-state index in [0.29, 0.717) is 4.90 Å². The van der Waals surface area contributed by atoms with Crippen LogP contribution in [0, 0.1) is 12.7 Å². The van der Waals surface area contributed by atoms with E-state index in [1.807, 2.05) is 6.92 Å². The molecular weight excluding hydrogens is 404 g/mol. The third kappa shape index (κ3) is 2.72. The number of hydrogen-bond donors (Lipinski definition) is 0. The van der Waals surface area contributed by atoms with Crippen molar-refractivity contribution < 1.29 is 12.8 Å². The molecule has 6 heteroatoms. The Morgan fingerprint density at radius 3 is 2.19 bits per heavy atom. The molecule has 21 heavy (non-hydrogen) atoms. The number of nitrogens with zero attached hydrogens (tertiary/aromatic N) is 1. The Morgan fingerprint density at radius 2 is 1.62 bits per heavy atom. The summed E-state index contributed by atoms with van der Waals surface area (Å²) in [5.41, 5.74) is 1.83. The van der Waals surface area contributed by atoms with E-state index in [4.69, 9.17) is 0 Å². The van der Waals surface area contributed by atoms with E-state index in [-0.39, 0.29) is 15.9 Å². The number of rotatable bonds is 3. The van der Waals surface area contributed by atoms with E-state index in [0.717, 1.165) is 11.1 Å². The zero-order chi connectivity index (χ0) is 15.2. The lowest BCUT2D eigenvalue weighted by Gasteiger charge is -2.06. The van der Waals surface area contributed by atoms with Gasteiger partial charge in [-0.2, -0.15) is 4.31 Å². The molecule has 0 N–H and O–H groups in total. The van der Waals surface area contributed by atoms with E-state index in [9.17, 15) is 12.8 Å². The van der Waals surface area contributed by atoms with Crippen molar-refractivity contribution in [2.75, 3.05) is 0 Å². The molecule has 3 nitrogen and oxygen atoms in total. The summed E-state index contributed by atoms with van der Waals surface area (Å²) in [5.74, 6) is -0.322. The maximum Gasteiger partial charge on any atom is 0.244 e. The summed E-state index contributed by atoms with van der Waals surface area (Å²) >= 11 is 2.10. The molecule has 1 aliphatic heterocycles. The Morgan fingerprint density at radius 1 is 1.05 bits per heavy atom. The quantitative estimate of drug-likeness (QED) is 0.331. The minimum absolute atomic E-state index is 0.139. The van der Waals surface area contributed by atoms with Crippen molar-refractivity contribution >= 4 is 32.6 Å². The first-order valence-corrected chi connectivity index (χ1v) is 9.09. The summed E-state index contributed by atoms with van der Waals surface area (Å²) in [4.78, 5) is 0.291. The average molecular weight is 417 g/mol. The molecule has 1 aliphatic rings.